The number of halogens is 2. The van der Waals surface area contributed by atoms with Crippen molar-refractivity contribution in [1.29, 1.82) is 0 Å². The number of rotatable bonds is 4. The van der Waals surface area contributed by atoms with Gasteiger partial charge in [0.2, 0.25) is 0 Å². The van der Waals surface area contributed by atoms with Gasteiger partial charge in [-0.15, -0.1) is 0 Å². The largest absolute Gasteiger partial charge is 0.398 e. The fraction of sp³-hybridized carbons (Fsp3) is 0.308. The number of nitrogen functional groups attached to an aromatic ring is 1. The predicted octanol–water partition coefficient (Wildman–Crippen LogP) is 2.89. The number of nitrogens with zero attached hydrogens (tertiary/aromatic N) is 2. The van der Waals surface area contributed by atoms with Crippen molar-refractivity contribution in [1.82, 2.24) is 9.78 Å². The number of benzene rings is 1. The van der Waals surface area contributed by atoms with Crippen molar-refractivity contribution in [2.45, 2.75) is 31.0 Å². The van der Waals surface area contributed by atoms with Crippen LogP contribution in [0.3, 0.4) is 0 Å². The van der Waals surface area contributed by atoms with Gasteiger partial charge in [-0.1, -0.05) is 11.6 Å². The summed E-state index contributed by atoms with van der Waals surface area (Å²) in [5.41, 5.74) is 7.41. The summed E-state index contributed by atoms with van der Waals surface area (Å²) in [4.78, 5) is 0.280. The summed E-state index contributed by atoms with van der Waals surface area (Å²) < 4.78 is 27.3. The maximum absolute atomic E-state index is 13.2. The molecule has 1 unspecified atom stereocenters. The normalized spacial score (nSPS) is 12.6. The summed E-state index contributed by atoms with van der Waals surface area (Å²) in [6.45, 7) is 4.34. The van der Waals surface area contributed by atoms with Crippen molar-refractivity contribution >= 4 is 28.1 Å². The van der Waals surface area contributed by atoms with Crippen molar-refractivity contribution < 1.29 is 8.60 Å². The summed E-state index contributed by atoms with van der Waals surface area (Å²) in [6, 6.07) is 3.84. The van der Waals surface area contributed by atoms with Gasteiger partial charge in [0.25, 0.3) is 0 Å². The summed E-state index contributed by atoms with van der Waals surface area (Å²) in [5, 5.41) is 4.76. The lowest BCUT2D eigenvalue weighted by Gasteiger charge is -2.08. The number of hydrogen-bond acceptors (Lipinski definition) is 3. The molecule has 0 amide bonds. The van der Waals surface area contributed by atoms with Crippen molar-refractivity contribution in [3.63, 3.8) is 0 Å². The van der Waals surface area contributed by atoms with E-state index in [0.717, 1.165) is 0 Å². The molecule has 1 aromatic carbocycles. The lowest BCUT2D eigenvalue weighted by molar-refractivity contribution is 0.620. The van der Waals surface area contributed by atoms with Gasteiger partial charge in [0.15, 0.2) is 0 Å². The number of anilines is 1. The first kappa shape index (κ1) is 15.0. The highest BCUT2D eigenvalue weighted by molar-refractivity contribution is 7.84. The third kappa shape index (κ3) is 2.86. The summed E-state index contributed by atoms with van der Waals surface area (Å²) >= 11 is 6.17. The molecule has 0 radical (unpaired) electrons. The van der Waals surface area contributed by atoms with Crippen LogP contribution in [0.2, 0.25) is 5.02 Å². The fourth-order valence-corrected chi connectivity index (χ4v) is 3.47. The molecule has 2 N–H and O–H groups in total. The Balaban J connectivity index is 2.35. The minimum absolute atomic E-state index is 0.154. The van der Waals surface area contributed by atoms with Crippen molar-refractivity contribution in [2.75, 3.05) is 5.73 Å². The molecular formula is C13H15ClFN3OS. The molecule has 0 aliphatic carbocycles. The van der Waals surface area contributed by atoms with Crippen LogP contribution in [0, 0.1) is 12.7 Å². The Morgan fingerprint density at radius 2 is 2.20 bits per heavy atom. The maximum atomic E-state index is 13.2. The smallest absolute Gasteiger partial charge is 0.124 e. The molecule has 0 aliphatic heterocycles. The maximum Gasteiger partial charge on any atom is 0.124 e. The van der Waals surface area contributed by atoms with Gasteiger partial charge in [0.05, 0.1) is 37.9 Å². The molecule has 0 saturated carbocycles. The Morgan fingerprint density at radius 1 is 1.50 bits per heavy atom. The van der Waals surface area contributed by atoms with Crippen LogP contribution in [0.15, 0.2) is 23.1 Å². The number of aromatic nitrogens is 2. The fourth-order valence-electron chi connectivity index (χ4n) is 1.91. The molecule has 108 valence electrons. The molecule has 1 heterocycles. The molecule has 20 heavy (non-hydrogen) atoms. The van der Waals surface area contributed by atoms with Gasteiger partial charge < -0.3 is 5.73 Å². The van der Waals surface area contributed by atoms with Gasteiger partial charge in [-0.25, -0.2) is 4.39 Å². The summed E-state index contributed by atoms with van der Waals surface area (Å²) in [6.07, 6.45) is 0. The Kier molecular flexibility index (Phi) is 4.45. The topological polar surface area (TPSA) is 60.9 Å². The zero-order valence-corrected chi connectivity index (χ0v) is 12.8. The molecule has 2 rings (SSSR count). The van der Waals surface area contributed by atoms with E-state index in [0.29, 0.717) is 28.6 Å². The van der Waals surface area contributed by atoms with Gasteiger partial charge in [-0.05, 0) is 32.0 Å². The lowest BCUT2D eigenvalue weighted by Crippen LogP contribution is -2.08. The Labute approximate surface area is 124 Å². The van der Waals surface area contributed by atoms with E-state index in [4.69, 9.17) is 17.3 Å². The van der Waals surface area contributed by atoms with Crippen LogP contribution in [-0.2, 0) is 23.1 Å². The van der Waals surface area contributed by atoms with Crippen molar-refractivity contribution in [2.24, 2.45) is 0 Å². The van der Waals surface area contributed by atoms with E-state index in [1.807, 2.05) is 6.92 Å². The van der Waals surface area contributed by atoms with E-state index >= 15 is 0 Å². The minimum Gasteiger partial charge on any atom is -0.398 e. The van der Waals surface area contributed by atoms with E-state index < -0.39 is 16.6 Å². The second-order valence-corrected chi connectivity index (χ2v) is 6.13. The van der Waals surface area contributed by atoms with Crippen molar-refractivity contribution in [3.05, 3.63) is 40.4 Å². The molecule has 0 fully saturated rings. The molecule has 1 atom stereocenters. The van der Waals surface area contributed by atoms with Crippen LogP contribution in [-0.4, -0.2) is 14.0 Å². The molecule has 0 saturated heterocycles. The second kappa shape index (κ2) is 5.93. The average molecular weight is 316 g/mol. The summed E-state index contributed by atoms with van der Waals surface area (Å²) in [7, 11) is -1.48. The average Bonchev–Trinajstić information content (AvgIpc) is 2.69. The van der Waals surface area contributed by atoms with Crippen molar-refractivity contribution in [3.8, 4) is 0 Å². The Bertz CT molecular complexity index is 672. The van der Waals surface area contributed by atoms with Crippen LogP contribution in [0.1, 0.15) is 18.3 Å². The number of nitrogens with two attached hydrogens (primary N) is 1. The molecule has 4 nitrogen and oxygen atoms in total. The molecule has 0 bridgehead atoms. The molecule has 2 aromatic rings. The van der Waals surface area contributed by atoms with E-state index in [-0.39, 0.29) is 10.6 Å². The third-order valence-electron chi connectivity index (χ3n) is 2.94. The molecular weight excluding hydrogens is 301 g/mol. The highest BCUT2D eigenvalue weighted by Gasteiger charge is 2.17. The SMILES string of the molecule is CCn1nc(C)c(Cl)c1CS(=O)c1cc(F)ccc1N. The molecule has 0 spiro atoms. The standard InChI is InChI=1S/C13H15ClFN3OS/c1-3-18-11(13(14)8(2)17-18)7-20(19)12-6-9(15)4-5-10(12)16/h4-6H,3,7,16H2,1-2H3. The monoisotopic (exact) mass is 315 g/mol. The Morgan fingerprint density at radius 3 is 2.85 bits per heavy atom. The quantitative estimate of drug-likeness (QED) is 0.882. The van der Waals surface area contributed by atoms with Gasteiger partial charge in [0.1, 0.15) is 5.82 Å². The zero-order chi connectivity index (χ0) is 14.9. The number of aryl methyl sites for hydroxylation is 2. The zero-order valence-electron chi connectivity index (χ0n) is 11.2. The van der Waals surface area contributed by atoms with Gasteiger partial charge in [0, 0.05) is 12.2 Å². The van der Waals surface area contributed by atoms with E-state index in [2.05, 4.69) is 5.10 Å². The van der Waals surface area contributed by atoms with Crippen LogP contribution in [0.25, 0.3) is 0 Å². The van der Waals surface area contributed by atoms with Crippen LogP contribution in [0.4, 0.5) is 10.1 Å². The first-order valence-electron chi connectivity index (χ1n) is 6.09. The lowest BCUT2D eigenvalue weighted by atomic mass is 10.3. The first-order chi connectivity index (χ1) is 9.43. The van der Waals surface area contributed by atoms with Crippen LogP contribution < -0.4 is 5.73 Å². The third-order valence-corrected chi connectivity index (χ3v) is 4.81. The number of hydrogen-bond donors (Lipinski definition) is 1. The van der Waals surface area contributed by atoms with Crippen LogP contribution in [0.5, 0.6) is 0 Å². The molecule has 0 aliphatic rings. The highest BCUT2D eigenvalue weighted by atomic mass is 35.5. The predicted molar refractivity (Wildman–Crippen MR) is 78.6 cm³/mol. The van der Waals surface area contributed by atoms with E-state index in [9.17, 15) is 8.60 Å². The van der Waals surface area contributed by atoms with Crippen LogP contribution >= 0.6 is 11.6 Å². The van der Waals surface area contributed by atoms with Gasteiger partial charge >= 0.3 is 0 Å². The van der Waals surface area contributed by atoms with Gasteiger partial charge in [-0.3, -0.25) is 8.89 Å². The Hall–Kier alpha value is -1.40. The molecule has 1 aromatic heterocycles. The first-order valence-corrected chi connectivity index (χ1v) is 7.79. The summed E-state index contributed by atoms with van der Waals surface area (Å²) in [5.74, 6) is -0.310. The molecule has 7 heteroatoms. The minimum atomic E-state index is -1.48. The second-order valence-electron chi connectivity index (χ2n) is 4.33. The van der Waals surface area contributed by atoms with E-state index in [1.54, 1.807) is 11.6 Å². The highest BCUT2D eigenvalue weighted by Crippen LogP contribution is 2.25. The van der Waals surface area contributed by atoms with Gasteiger partial charge in [-0.2, -0.15) is 5.10 Å². The van der Waals surface area contributed by atoms with E-state index in [1.165, 1.54) is 18.2 Å².